The number of aryl methyl sites for hydroxylation is 1. The molecule has 5 heteroatoms. The van der Waals surface area contributed by atoms with Gasteiger partial charge in [0.1, 0.15) is 0 Å². The van der Waals surface area contributed by atoms with Crippen LogP contribution in [-0.4, -0.2) is 24.7 Å². The van der Waals surface area contributed by atoms with Crippen LogP contribution < -0.4 is 10.3 Å². The molecule has 1 aromatic carbocycles. The number of nitrogens with one attached hydrogen (secondary N) is 1. The number of carbonyl (C=O) groups excluding carboxylic acids is 1. The highest BCUT2D eigenvalue weighted by molar-refractivity contribution is 7.10. The minimum Gasteiger partial charge on any atom is -0.372 e. The molecule has 1 aromatic heterocycles. The lowest BCUT2D eigenvalue weighted by molar-refractivity contribution is 0.0955. The van der Waals surface area contributed by atoms with Crippen LogP contribution in [0.25, 0.3) is 0 Å². The molecule has 2 heterocycles. The number of benzene rings is 1. The van der Waals surface area contributed by atoms with Crippen molar-refractivity contribution >= 4 is 28.6 Å². The molecule has 0 bridgehead atoms. The highest BCUT2D eigenvalue weighted by Crippen LogP contribution is 2.20. The lowest BCUT2D eigenvalue weighted by Crippen LogP contribution is -2.29. The summed E-state index contributed by atoms with van der Waals surface area (Å²) >= 11 is 1.63. The quantitative estimate of drug-likeness (QED) is 0.585. The van der Waals surface area contributed by atoms with E-state index in [-0.39, 0.29) is 5.91 Å². The van der Waals surface area contributed by atoms with E-state index < -0.39 is 0 Å². The van der Waals surface area contributed by atoms with Crippen LogP contribution in [0.1, 0.15) is 60.3 Å². The number of amides is 1. The fourth-order valence-corrected chi connectivity index (χ4v) is 4.18. The zero-order valence-electron chi connectivity index (χ0n) is 15.6. The zero-order chi connectivity index (χ0) is 18.4. The Balaban J connectivity index is 1.60. The van der Waals surface area contributed by atoms with Crippen molar-refractivity contribution in [3.05, 3.63) is 51.7 Å². The molecule has 1 saturated heterocycles. The first-order valence-electron chi connectivity index (χ1n) is 9.45. The Morgan fingerprint density at radius 3 is 2.58 bits per heavy atom. The third kappa shape index (κ3) is 4.73. The van der Waals surface area contributed by atoms with Gasteiger partial charge < -0.3 is 4.90 Å². The topological polar surface area (TPSA) is 44.7 Å². The molecule has 1 N–H and O–H groups in total. The molecule has 0 aliphatic carbocycles. The molecule has 0 unspecified atom stereocenters. The summed E-state index contributed by atoms with van der Waals surface area (Å²) in [5.41, 5.74) is 6.48. The summed E-state index contributed by atoms with van der Waals surface area (Å²) in [5, 5.41) is 6.18. The summed E-state index contributed by atoms with van der Waals surface area (Å²) in [5.74, 6) is -0.145. The van der Waals surface area contributed by atoms with E-state index in [2.05, 4.69) is 46.6 Å². The maximum absolute atomic E-state index is 12.2. The first-order chi connectivity index (χ1) is 12.7. The normalized spacial score (nSPS) is 15.2. The number of carbonyl (C=O) groups is 1. The molecule has 4 nitrogen and oxygen atoms in total. The number of anilines is 1. The number of hydrazone groups is 1. The average molecular weight is 370 g/mol. The van der Waals surface area contributed by atoms with Crippen LogP contribution in [0.2, 0.25) is 0 Å². The van der Waals surface area contributed by atoms with Crippen molar-refractivity contribution in [2.24, 2.45) is 5.10 Å². The van der Waals surface area contributed by atoms with E-state index in [0.717, 1.165) is 37.2 Å². The Hall–Kier alpha value is -2.14. The predicted molar refractivity (Wildman–Crippen MR) is 110 cm³/mol. The maximum Gasteiger partial charge on any atom is 0.272 e. The summed E-state index contributed by atoms with van der Waals surface area (Å²) in [6, 6.07) is 10.4. The molecule has 1 aliphatic rings. The standard InChI is InChI=1S/C21H27N3OS/c1-3-7-20-14-18(15-26-20)21(25)23-22-16(2)17-8-10-19(11-9-17)24-12-5-4-6-13-24/h8-11,14-15H,3-7,12-13H2,1-2H3,(H,23,25)/b22-16-. The van der Waals surface area contributed by atoms with E-state index in [0.29, 0.717) is 5.56 Å². The largest absolute Gasteiger partial charge is 0.372 e. The molecule has 26 heavy (non-hydrogen) atoms. The van der Waals surface area contributed by atoms with Crippen LogP contribution in [0.3, 0.4) is 0 Å². The molecule has 1 amide bonds. The Kier molecular flexibility index (Phi) is 6.45. The molecular formula is C21H27N3OS. The van der Waals surface area contributed by atoms with Gasteiger partial charge in [-0.3, -0.25) is 4.79 Å². The minimum absolute atomic E-state index is 0.145. The molecule has 0 atom stereocenters. The van der Waals surface area contributed by atoms with Gasteiger partial charge in [0, 0.05) is 29.0 Å². The second kappa shape index (κ2) is 8.99. The summed E-state index contributed by atoms with van der Waals surface area (Å²) in [4.78, 5) is 15.9. The van der Waals surface area contributed by atoms with Crippen molar-refractivity contribution in [3.8, 4) is 0 Å². The van der Waals surface area contributed by atoms with Gasteiger partial charge in [0.15, 0.2) is 0 Å². The SMILES string of the molecule is CCCc1cc(C(=O)N/N=C(/C)c2ccc(N3CCCCC3)cc2)cs1. The molecule has 0 saturated carbocycles. The Morgan fingerprint density at radius 2 is 1.88 bits per heavy atom. The van der Waals surface area contributed by atoms with E-state index >= 15 is 0 Å². The van der Waals surface area contributed by atoms with E-state index in [1.165, 1.54) is 29.8 Å². The van der Waals surface area contributed by atoms with Gasteiger partial charge in [-0.1, -0.05) is 25.5 Å². The number of piperidine rings is 1. The second-order valence-electron chi connectivity index (χ2n) is 6.78. The Morgan fingerprint density at radius 1 is 1.15 bits per heavy atom. The molecule has 3 rings (SSSR count). The van der Waals surface area contributed by atoms with Gasteiger partial charge in [0.2, 0.25) is 0 Å². The highest BCUT2D eigenvalue weighted by Gasteiger charge is 2.11. The minimum atomic E-state index is -0.145. The molecule has 0 radical (unpaired) electrons. The smallest absolute Gasteiger partial charge is 0.272 e. The zero-order valence-corrected chi connectivity index (χ0v) is 16.4. The fraction of sp³-hybridized carbons (Fsp3) is 0.429. The van der Waals surface area contributed by atoms with Crippen molar-refractivity contribution in [3.63, 3.8) is 0 Å². The van der Waals surface area contributed by atoms with Crippen LogP contribution in [-0.2, 0) is 6.42 Å². The van der Waals surface area contributed by atoms with E-state index in [9.17, 15) is 4.79 Å². The number of thiophene rings is 1. The lowest BCUT2D eigenvalue weighted by Gasteiger charge is -2.28. The number of rotatable bonds is 6. The molecule has 2 aromatic rings. The molecular weight excluding hydrogens is 342 g/mol. The van der Waals surface area contributed by atoms with Crippen LogP contribution in [0.4, 0.5) is 5.69 Å². The number of hydrogen-bond donors (Lipinski definition) is 1. The van der Waals surface area contributed by atoms with Gasteiger partial charge in [-0.25, -0.2) is 5.43 Å². The van der Waals surface area contributed by atoms with E-state index in [4.69, 9.17) is 0 Å². The molecule has 0 spiro atoms. The van der Waals surface area contributed by atoms with Crippen molar-refractivity contribution in [1.82, 2.24) is 5.43 Å². The Bertz CT molecular complexity index is 758. The van der Waals surface area contributed by atoms with Gasteiger partial charge in [0.05, 0.1) is 11.3 Å². The fourth-order valence-electron chi connectivity index (χ4n) is 3.21. The number of hydrogen-bond acceptors (Lipinski definition) is 4. The number of nitrogens with zero attached hydrogens (tertiary/aromatic N) is 2. The molecule has 1 fully saturated rings. The molecule has 138 valence electrons. The van der Waals surface area contributed by atoms with E-state index in [1.54, 1.807) is 11.3 Å². The van der Waals surface area contributed by atoms with Crippen molar-refractivity contribution in [2.45, 2.75) is 46.0 Å². The van der Waals surface area contributed by atoms with Crippen LogP contribution >= 0.6 is 11.3 Å². The van der Waals surface area contributed by atoms with Gasteiger partial charge in [-0.2, -0.15) is 5.10 Å². The van der Waals surface area contributed by atoms with Crippen molar-refractivity contribution < 1.29 is 4.79 Å². The lowest BCUT2D eigenvalue weighted by atomic mass is 10.1. The maximum atomic E-state index is 12.2. The van der Waals surface area contributed by atoms with Gasteiger partial charge in [-0.05, 0) is 56.4 Å². The highest BCUT2D eigenvalue weighted by atomic mass is 32.1. The van der Waals surface area contributed by atoms with Crippen LogP contribution in [0.5, 0.6) is 0 Å². The first kappa shape index (κ1) is 18.6. The molecule has 1 aliphatic heterocycles. The van der Waals surface area contributed by atoms with Gasteiger partial charge in [0.25, 0.3) is 5.91 Å². The summed E-state index contributed by atoms with van der Waals surface area (Å²) < 4.78 is 0. The third-order valence-electron chi connectivity index (χ3n) is 4.74. The van der Waals surface area contributed by atoms with Gasteiger partial charge >= 0.3 is 0 Å². The van der Waals surface area contributed by atoms with Gasteiger partial charge in [-0.15, -0.1) is 11.3 Å². The Labute approximate surface area is 159 Å². The summed E-state index contributed by atoms with van der Waals surface area (Å²) in [7, 11) is 0. The summed E-state index contributed by atoms with van der Waals surface area (Å²) in [6.07, 6.45) is 5.99. The predicted octanol–water partition coefficient (Wildman–Crippen LogP) is 4.84. The second-order valence-corrected chi connectivity index (χ2v) is 7.78. The summed E-state index contributed by atoms with van der Waals surface area (Å²) in [6.45, 7) is 6.35. The van der Waals surface area contributed by atoms with Crippen LogP contribution in [0.15, 0.2) is 40.8 Å². The average Bonchev–Trinajstić information content (AvgIpc) is 3.16. The third-order valence-corrected chi connectivity index (χ3v) is 5.74. The first-order valence-corrected chi connectivity index (χ1v) is 10.3. The van der Waals surface area contributed by atoms with Crippen LogP contribution in [0, 0.1) is 0 Å². The monoisotopic (exact) mass is 369 g/mol. The van der Waals surface area contributed by atoms with Crippen molar-refractivity contribution in [1.29, 1.82) is 0 Å². The van der Waals surface area contributed by atoms with Crippen molar-refractivity contribution in [2.75, 3.05) is 18.0 Å². The van der Waals surface area contributed by atoms with E-state index in [1.807, 2.05) is 18.4 Å².